The van der Waals surface area contributed by atoms with Gasteiger partial charge < -0.3 is 5.32 Å². The van der Waals surface area contributed by atoms with Crippen LogP contribution in [0.15, 0.2) is 18.2 Å². The summed E-state index contributed by atoms with van der Waals surface area (Å²) in [4.78, 5) is 23.8. The second-order valence-corrected chi connectivity index (χ2v) is 7.20. The number of carbonyl (C=O) groups is 2. The monoisotopic (exact) mass is 350 g/mol. The minimum absolute atomic E-state index is 0.102. The number of rotatable bonds is 4. The maximum absolute atomic E-state index is 12.0. The van der Waals surface area contributed by atoms with Gasteiger partial charge >= 0.3 is 0 Å². The minimum Gasteiger partial charge on any atom is -0.347 e. The number of Topliss-reactive ketones (excluding diaryl/α,β-unsaturated/α-hetero) is 1. The third-order valence-corrected chi connectivity index (χ3v) is 5.03. The molecule has 6 nitrogen and oxygen atoms in total. The van der Waals surface area contributed by atoms with E-state index in [0.717, 1.165) is 0 Å². The number of benzene rings is 1. The van der Waals surface area contributed by atoms with E-state index in [9.17, 15) is 18.0 Å². The first kappa shape index (κ1) is 16.2. The molecule has 1 heterocycles. The highest BCUT2D eigenvalue weighted by atomic mass is 35.5. The van der Waals surface area contributed by atoms with Gasteiger partial charge in [-0.15, -0.1) is 0 Å². The Kier molecular flexibility index (Phi) is 4.88. The Morgan fingerprint density at radius 1 is 1.29 bits per heavy atom. The maximum Gasteiger partial charge on any atom is 0.238 e. The molecule has 9 heteroatoms. The molecule has 1 aliphatic heterocycles. The molecular weight excluding hydrogens is 339 g/mol. The molecule has 21 heavy (non-hydrogen) atoms. The van der Waals surface area contributed by atoms with Crippen molar-refractivity contribution in [3.63, 3.8) is 0 Å². The van der Waals surface area contributed by atoms with E-state index in [2.05, 4.69) is 10.0 Å². The molecular formula is C12H12Cl2N2O4S. The van der Waals surface area contributed by atoms with Crippen LogP contribution in [0.25, 0.3) is 0 Å². The lowest BCUT2D eigenvalue weighted by molar-refractivity contribution is -0.122. The van der Waals surface area contributed by atoms with E-state index in [-0.39, 0.29) is 34.3 Å². The second kappa shape index (κ2) is 6.31. The number of hydrogen-bond acceptors (Lipinski definition) is 4. The van der Waals surface area contributed by atoms with Crippen LogP contribution in [0.3, 0.4) is 0 Å². The number of halogens is 2. The molecule has 1 unspecified atom stereocenters. The summed E-state index contributed by atoms with van der Waals surface area (Å²) in [6.07, 6.45) is 0.176. The van der Waals surface area contributed by atoms with Gasteiger partial charge in [0.25, 0.3) is 0 Å². The summed E-state index contributed by atoms with van der Waals surface area (Å²) < 4.78 is 24.6. The molecule has 0 radical (unpaired) electrons. The average molecular weight is 351 g/mol. The summed E-state index contributed by atoms with van der Waals surface area (Å²) in [7, 11) is -3.38. The number of hydrogen-bond donors (Lipinski definition) is 2. The van der Waals surface area contributed by atoms with Gasteiger partial charge in [0.15, 0.2) is 5.78 Å². The van der Waals surface area contributed by atoms with Gasteiger partial charge in [-0.2, -0.15) is 0 Å². The molecule has 0 bridgehead atoms. The van der Waals surface area contributed by atoms with Crippen LogP contribution >= 0.6 is 23.2 Å². The molecule has 0 aliphatic carbocycles. The Labute approximate surface area is 131 Å². The fourth-order valence-electron chi connectivity index (χ4n) is 1.94. The summed E-state index contributed by atoms with van der Waals surface area (Å²) in [5.74, 6) is -1.09. The van der Waals surface area contributed by atoms with Gasteiger partial charge in [-0.3, -0.25) is 9.59 Å². The molecule has 1 fully saturated rings. The first-order valence-electron chi connectivity index (χ1n) is 6.05. The highest BCUT2D eigenvalue weighted by Crippen LogP contribution is 2.24. The zero-order valence-corrected chi connectivity index (χ0v) is 13.1. The smallest absolute Gasteiger partial charge is 0.238 e. The molecule has 0 spiro atoms. The Balaban J connectivity index is 1.97. The van der Waals surface area contributed by atoms with Gasteiger partial charge in [0.05, 0.1) is 27.9 Å². The van der Waals surface area contributed by atoms with Crippen molar-refractivity contribution in [2.24, 2.45) is 0 Å². The summed E-state index contributed by atoms with van der Waals surface area (Å²) in [6.45, 7) is -0.305. The molecule has 1 aromatic rings. The molecule has 1 saturated heterocycles. The third-order valence-electron chi connectivity index (χ3n) is 2.98. The standard InChI is InChI=1S/C12H12Cl2N2O4S/c13-7-2-1-3-8(14)11(7)10(17)6-15-12(18)9-4-5-21(19,20)16-9/h1-3,9,16H,4-6H2,(H,15,18). The van der Waals surface area contributed by atoms with Crippen molar-refractivity contribution in [3.05, 3.63) is 33.8 Å². The Morgan fingerprint density at radius 3 is 2.43 bits per heavy atom. The van der Waals surface area contributed by atoms with Crippen molar-refractivity contribution < 1.29 is 18.0 Å². The molecule has 1 aliphatic rings. The lowest BCUT2D eigenvalue weighted by atomic mass is 10.1. The zero-order valence-electron chi connectivity index (χ0n) is 10.7. The maximum atomic E-state index is 12.0. The van der Waals surface area contributed by atoms with E-state index in [1.165, 1.54) is 12.1 Å². The van der Waals surface area contributed by atoms with E-state index < -0.39 is 27.8 Å². The van der Waals surface area contributed by atoms with Crippen LogP contribution in [-0.4, -0.2) is 38.4 Å². The predicted octanol–water partition coefficient (Wildman–Crippen LogP) is 0.984. The summed E-state index contributed by atoms with van der Waals surface area (Å²) in [6, 6.07) is 3.80. The Morgan fingerprint density at radius 2 is 1.90 bits per heavy atom. The highest BCUT2D eigenvalue weighted by Gasteiger charge is 2.32. The topological polar surface area (TPSA) is 92.3 Å². The molecule has 1 atom stereocenters. The van der Waals surface area contributed by atoms with Crippen LogP contribution < -0.4 is 10.0 Å². The van der Waals surface area contributed by atoms with E-state index >= 15 is 0 Å². The highest BCUT2D eigenvalue weighted by molar-refractivity contribution is 7.89. The molecule has 0 saturated carbocycles. The summed E-state index contributed by atoms with van der Waals surface area (Å²) >= 11 is 11.8. The molecule has 2 rings (SSSR count). The lowest BCUT2D eigenvalue weighted by Crippen LogP contribution is -2.43. The van der Waals surface area contributed by atoms with Gasteiger partial charge in [0.2, 0.25) is 15.9 Å². The predicted molar refractivity (Wildman–Crippen MR) is 79.1 cm³/mol. The largest absolute Gasteiger partial charge is 0.347 e. The Hall–Kier alpha value is -1.15. The third kappa shape index (κ3) is 3.94. The van der Waals surface area contributed by atoms with Gasteiger partial charge in [-0.25, -0.2) is 13.1 Å². The van der Waals surface area contributed by atoms with E-state index in [4.69, 9.17) is 23.2 Å². The van der Waals surface area contributed by atoms with Gasteiger partial charge in [-0.05, 0) is 18.6 Å². The van der Waals surface area contributed by atoms with E-state index in [0.29, 0.717) is 0 Å². The number of sulfonamides is 1. The van der Waals surface area contributed by atoms with Crippen molar-refractivity contribution >= 4 is 44.9 Å². The first-order valence-corrected chi connectivity index (χ1v) is 8.46. The molecule has 0 aromatic heterocycles. The van der Waals surface area contributed by atoms with Crippen molar-refractivity contribution in [2.45, 2.75) is 12.5 Å². The quantitative estimate of drug-likeness (QED) is 0.791. The van der Waals surface area contributed by atoms with Crippen LogP contribution in [0.2, 0.25) is 10.0 Å². The molecule has 114 valence electrons. The zero-order chi connectivity index (χ0) is 15.6. The second-order valence-electron chi connectivity index (χ2n) is 4.52. The summed E-state index contributed by atoms with van der Waals surface area (Å²) in [5.41, 5.74) is 0.133. The number of nitrogens with one attached hydrogen (secondary N) is 2. The SMILES string of the molecule is O=C(CNC(=O)C1CCS(=O)(=O)N1)c1c(Cl)cccc1Cl. The average Bonchev–Trinajstić information content (AvgIpc) is 2.76. The van der Waals surface area contributed by atoms with Crippen LogP contribution in [0.4, 0.5) is 0 Å². The summed E-state index contributed by atoms with van der Waals surface area (Å²) in [5, 5.41) is 2.78. The Bertz CT molecular complexity index is 670. The fraction of sp³-hybridized carbons (Fsp3) is 0.333. The van der Waals surface area contributed by atoms with Crippen LogP contribution in [0, 0.1) is 0 Å². The van der Waals surface area contributed by atoms with Crippen molar-refractivity contribution in [1.82, 2.24) is 10.0 Å². The minimum atomic E-state index is -3.38. The van der Waals surface area contributed by atoms with Crippen LogP contribution in [0.1, 0.15) is 16.8 Å². The van der Waals surface area contributed by atoms with E-state index in [1.807, 2.05) is 0 Å². The molecule has 2 N–H and O–H groups in total. The van der Waals surface area contributed by atoms with Crippen LogP contribution in [-0.2, 0) is 14.8 Å². The van der Waals surface area contributed by atoms with Crippen molar-refractivity contribution in [2.75, 3.05) is 12.3 Å². The van der Waals surface area contributed by atoms with E-state index in [1.54, 1.807) is 6.07 Å². The normalized spacial score (nSPS) is 20.2. The van der Waals surface area contributed by atoms with Gasteiger partial charge in [0, 0.05) is 0 Å². The molecule has 1 amide bonds. The first-order chi connectivity index (χ1) is 9.80. The number of amides is 1. The lowest BCUT2D eigenvalue weighted by Gasteiger charge is -2.10. The molecule has 1 aromatic carbocycles. The van der Waals surface area contributed by atoms with Crippen molar-refractivity contribution in [1.29, 1.82) is 0 Å². The fourth-order valence-corrected chi connectivity index (χ4v) is 3.87. The van der Waals surface area contributed by atoms with Crippen molar-refractivity contribution in [3.8, 4) is 0 Å². The van der Waals surface area contributed by atoms with Gasteiger partial charge in [-0.1, -0.05) is 29.3 Å². The van der Waals surface area contributed by atoms with Crippen LogP contribution in [0.5, 0.6) is 0 Å². The van der Waals surface area contributed by atoms with Gasteiger partial charge in [0.1, 0.15) is 6.04 Å². The number of carbonyl (C=O) groups excluding carboxylic acids is 2. The number of ketones is 1.